The minimum absolute atomic E-state index is 0.684. The first-order valence-corrected chi connectivity index (χ1v) is 6.76. The third-order valence-corrected chi connectivity index (χ3v) is 3.99. The summed E-state index contributed by atoms with van der Waals surface area (Å²) in [5.41, 5.74) is 1.26. The zero-order valence-corrected chi connectivity index (χ0v) is 10.9. The van der Waals surface area contributed by atoms with Gasteiger partial charge in [0.2, 0.25) is 0 Å². The molecule has 0 amide bonds. The van der Waals surface area contributed by atoms with E-state index in [0.29, 0.717) is 6.04 Å². The predicted molar refractivity (Wildman–Crippen MR) is 78.1 cm³/mol. The molecule has 0 radical (unpaired) electrons. The number of likely N-dealkylation sites (tertiary alicyclic amines) is 1. The molecule has 1 saturated heterocycles. The number of nitrogens with zero attached hydrogens (tertiary/aromatic N) is 1. The number of likely N-dealkylation sites (N-methyl/N-ethyl adjacent to an activating group) is 1. The number of nitrogens with one attached hydrogen (secondary N) is 1. The Hall–Kier alpha value is -1.54. The van der Waals surface area contributed by atoms with Crippen LogP contribution in [-0.2, 0) is 0 Å². The fourth-order valence-electron chi connectivity index (χ4n) is 2.84. The predicted octanol–water partition coefficient (Wildman–Crippen LogP) is 3.35. The average Bonchev–Trinajstić information content (AvgIpc) is 2.82. The molecular formula is C16H20N2. The van der Waals surface area contributed by atoms with Crippen molar-refractivity contribution in [3.8, 4) is 0 Å². The summed E-state index contributed by atoms with van der Waals surface area (Å²) >= 11 is 0. The molecule has 1 aliphatic rings. The normalized spacial score (nSPS) is 20.4. The lowest BCUT2D eigenvalue weighted by molar-refractivity contribution is 0.322. The zero-order chi connectivity index (χ0) is 12.4. The van der Waals surface area contributed by atoms with Crippen LogP contribution in [0.25, 0.3) is 10.8 Å². The van der Waals surface area contributed by atoms with Crippen molar-refractivity contribution in [2.75, 3.05) is 25.5 Å². The van der Waals surface area contributed by atoms with Gasteiger partial charge in [0.1, 0.15) is 0 Å². The quantitative estimate of drug-likeness (QED) is 0.885. The van der Waals surface area contributed by atoms with Crippen molar-refractivity contribution in [3.63, 3.8) is 0 Å². The molecule has 2 nitrogen and oxygen atoms in total. The van der Waals surface area contributed by atoms with Crippen molar-refractivity contribution in [3.05, 3.63) is 42.5 Å². The molecular weight excluding hydrogens is 220 g/mol. The first-order chi connectivity index (χ1) is 8.84. The van der Waals surface area contributed by atoms with Crippen LogP contribution >= 0.6 is 0 Å². The van der Waals surface area contributed by atoms with Crippen LogP contribution in [0.4, 0.5) is 5.69 Å². The van der Waals surface area contributed by atoms with E-state index >= 15 is 0 Å². The Morgan fingerprint density at radius 3 is 2.83 bits per heavy atom. The van der Waals surface area contributed by atoms with Crippen molar-refractivity contribution in [2.24, 2.45) is 0 Å². The van der Waals surface area contributed by atoms with E-state index in [0.717, 1.165) is 6.54 Å². The van der Waals surface area contributed by atoms with E-state index in [1.807, 2.05) is 0 Å². The standard InChI is InChI=1S/C16H20N2/c1-18-11-5-8-14(18)12-17-16-10-4-7-13-6-2-3-9-15(13)16/h2-4,6-7,9-10,14,17H,5,8,11-12H2,1H3. The molecule has 0 aromatic heterocycles. The molecule has 1 aliphatic heterocycles. The molecule has 3 rings (SSSR count). The lowest BCUT2D eigenvalue weighted by Gasteiger charge is -2.20. The highest BCUT2D eigenvalue weighted by Gasteiger charge is 2.20. The van der Waals surface area contributed by atoms with E-state index in [4.69, 9.17) is 0 Å². The van der Waals surface area contributed by atoms with Crippen LogP contribution in [0.15, 0.2) is 42.5 Å². The van der Waals surface area contributed by atoms with Gasteiger partial charge in [-0.15, -0.1) is 0 Å². The summed E-state index contributed by atoms with van der Waals surface area (Å²) in [6, 6.07) is 15.7. The lowest BCUT2D eigenvalue weighted by Crippen LogP contribution is -2.31. The van der Waals surface area contributed by atoms with Crippen molar-refractivity contribution >= 4 is 16.5 Å². The summed E-state index contributed by atoms with van der Waals surface area (Å²) in [6.45, 7) is 2.28. The smallest absolute Gasteiger partial charge is 0.0420 e. The first kappa shape index (κ1) is 11.5. The second-order valence-electron chi connectivity index (χ2n) is 5.18. The first-order valence-electron chi connectivity index (χ1n) is 6.76. The fraction of sp³-hybridized carbons (Fsp3) is 0.375. The van der Waals surface area contributed by atoms with Crippen LogP contribution in [-0.4, -0.2) is 31.1 Å². The maximum Gasteiger partial charge on any atom is 0.0420 e. The largest absolute Gasteiger partial charge is 0.383 e. The third-order valence-electron chi connectivity index (χ3n) is 3.99. The molecule has 1 fully saturated rings. The van der Waals surface area contributed by atoms with E-state index in [1.165, 1.54) is 35.8 Å². The maximum atomic E-state index is 3.62. The van der Waals surface area contributed by atoms with Gasteiger partial charge < -0.3 is 10.2 Å². The molecule has 18 heavy (non-hydrogen) atoms. The molecule has 94 valence electrons. The number of rotatable bonds is 3. The van der Waals surface area contributed by atoms with Crippen molar-refractivity contribution in [1.82, 2.24) is 4.90 Å². The van der Waals surface area contributed by atoms with Gasteiger partial charge in [-0.05, 0) is 37.9 Å². The summed E-state index contributed by atoms with van der Waals surface area (Å²) in [6.07, 6.45) is 2.65. The minimum Gasteiger partial charge on any atom is -0.383 e. The number of hydrogen-bond donors (Lipinski definition) is 1. The molecule has 1 atom stereocenters. The van der Waals surface area contributed by atoms with E-state index < -0.39 is 0 Å². The lowest BCUT2D eigenvalue weighted by atomic mass is 10.1. The molecule has 1 N–H and O–H groups in total. The van der Waals surface area contributed by atoms with Crippen molar-refractivity contribution in [1.29, 1.82) is 0 Å². The van der Waals surface area contributed by atoms with E-state index in [-0.39, 0.29) is 0 Å². The molecule has 2 aromatic carbocycles. The molecule has 2 aromatic rings. The Morgan fingerprint density at radius 1 is 1.17 bits per heavy atom. The van der Waals surface area contributed by atoms with Crippen molar-refractivity contribution in [2.45, 2.75) is 18.9 Å². The van der Waals surface area contributed by atoms with E-state index in [9.17, 15) is 0 Å². The summed E-state index contributed by atoms with van der Waals surface area (Å²) < 4.78 is 0. The number of hydrogen-bond acceptors (Lipinski definition) is 2. The minimum atomic E-state index is 0.684. The summed E-state index contributed by atoms with van der Waals surface area (Å²) in [5.74, 6) is 0. The van der Waals surface area contributed by atoms with Gasteiger partial charge >= 0.3 is 0 Å². The molecule has 0 spiro atoms. The Labute approximate surface area is 109 Å². The Morgan fingerprint density at radius 2 is 2.00 bits per heavy atom. The summed E-state index contributed by atoms with van der Waals surface area (Å²) in [4.78, 5) is 2.46. The molecule has 0 aliphatic carbocycles. The molecule has 0 bridgehead atoms. The van der Waals surface area contributed by atoms with Gasteiger partial charge in [-0.3, -0.25) is 0 Å². The van der Waals surface area contributed by atoms with Crippen LogP contribution in [0, 0.1) is 0 Å². The van der Waals surface area contributed by atoms with Crippen LogP contribution in [0.5, 0.6) is 0 Å². The fourth-order valence-corrected chi connectivity index (χ4v) is 2.84. The van der Waals surface area contributed by atoms with Gasteiger partial charge in [0.15, 0.2) is 0 Å². The number of fused-ring (bicyclic) bond motifs is 1. The Balaban J connectivity index is 1.78. The third kappa shape index (κ3) is 2.21. The number of benzene rings is 2. The second-order valence-corrected chi connectivity index (χ2v) is 5.18. The number of anilines is 1. The van der Waals surface area contributed by atoms with Gasteiger partial charge in [-0.2, -0.15) is 0 Å². The van der Waals surface area contributed by atoms with Crippen LogP contribution in [0.2, 0.25) is 0 Å². The monoisotopic (exact) mass is 240 g/mol. The van der Waals surface area contributed by atoms with Crippen LogP contribution in [0.1, 0.15) is 12.8 Å². The van der Waals surface area contributed by atoms with Gasteiger partial charge in [0, 0.05) is 23.7 Å². The van der Waals surface area contributed by atoms with E-state index in [1.54, 1.807) is 0 Å². The topological polar surface area (TPSA) is 15.3 Å². The van der Waals surface area contributed by atoms with Gasteiger partial charge in [0.25, 0.3) is 0 Å². The highest BCUT2D eigenvalue weighted by Crippen LogP contribution is 2.24. The van der Waals surface area contributed by atoms with Crippen molar-refractivity contribution < 1.29 is 0 Å². The van der Waals surface area contributed by atoms with Crippen LogP contribution < -0.4 is 5.32 Å². The van der Waals surface area contributed by atoms with Gasteiger partial charge in [-0.25, -0.2) is 0 Å². The highest BCUT2D eigenvalue weighted by atomic mass is 15.2. The Kier molecular flexibility index (Phi) is 3.20. The van der Waals surface area contributed by atoms with E-state index in [2.05, 4.69) is 59.7 Å². The van der Waals surface area contributed by atoms with Gasteiger partial charge in [0.05, 0.1) is 0 Å². The highest BCUT2D eigenvalue weighted by molar-refractivity contribution is 5.93. The molecule has 1 heterocycles. The second kappa shape index (κ2) is 4.99. The summed E-state index contributed by atoms with van der Waals surface area (Å²) in [5, 5.41) is 6.25. The Bertz CT molecular complexity index is 530. The maximum absolute atomic E-state index is 3.62. The SMILES string of the molecule is CN1CCCC1CNc1cccc2ccccc12. The van der Waals surface area contributed by atoms with Crippen LogP contribution in [0.3, 0.4) is 0 Å². The average molecular weight is 240 g/mol. The summed E-state index contributed by atoms with van der Waals surface area (Å²) in [7, 11) is 2.22. The zero-order valence-electron chi connectivity index (χ0n) is 10.9. The molecule has 2 heteroatoms. The molecule has 0 saturated carbocycles. The van der Waals surface area contributed by atoms with Gasteiger partial charge in [-0.1, -0.05) is 36.4 Å². The molecule has 1 unspecified atom stereocenters.